The third-order valence-corrected chi connectivity index (χ3v) is 1.33. The zero-order valence-electron chi connectivity index (χ0n) is 11.3. The molecule has 0 saturated heterocycles. The number of fused-ring (bicyclic) bond motifs is 1. The fraction of sp³-hybridized carbons (Fsp3) is 0.714. The zero-order valence-corrected chi connectivity index (χ0v) is 5.33. The number of nitrogens with zero attached hydrogens (tertiary/aromatic N) is 3. The van der Waals surface area contributed by atoms with E-state index in [1.165, 1.54) is 4.68 Å². The van der Waals surface area contributed by atoms with E-state index >= 15 is 0 Å². The highest BCUT2D eigenvalue weighted by molar-refractivity contribution is 4.86. The number of aryl methyl sites for hydroxylation is 2. The summed E-state index contributed by atoms with van der Waals surface area (Å²) in [5.74, 6) is -0.154. The highest BCUT2D eigenvalue weighted by Gasteiger charge is 2.06. The maximum atomic E-state index is 7.75. The topological polar surface area (TPSA) is 30.7 Å². The molecule has 0 amide bonds. The largest absolute Gasteiger partial charge is 0.250 e. The molecule has 1 aliphatic rings. The fourth-order valence-electron chi connectivity index (χ4n) is 0.849. The van der Waals surface area contributed by atoms with Crippen LogP contribution in [0.15, 0.2) is 6.33 Å². The SMILES string of the molecule is [2H]C1([2H])CCn2ncnc2C([2H])([2H])C1([2H])[2H]. The highest BCUT2D eigenvalue weighted by Crippen LogP contribution is 2.09. The second-order valence-corrected chi connectivity index (χ2v) is 1.98. The number of hydrogen-bond acceptors (Lipinski definition) is 2. The summed E-state index contributed by atoms with van der Waals surface area (Å²) < 4.78 is 47.3. The molecule has 1 aromatic rings. The van der Waals surface area contributed by atoms with E-state index in [1.54, 1.807) is 0 Å². The first-order valence-electron chi connectivity index (χ1n) is 6.08. The quantitative estimate of drug-likeness (QED) is 0.542. The van der Waals surface area contributed by atoms with Gasteiger partial charge in [0.15, 0.2) is 0 Å². The molecular weight excluding hydrogens is 126 g/mol. The lowest BCUT2D eigenvalue weighted by Crippen LogP contribution is -2.01. The Bertz CT molecular complexity index is 412. The predicted molar refractivity (Wildman–Crippen MR) is 37.6 cm³/mol. The van der Waals surface area contributed by atoms with Crippen LogP contribution < -0.4 is 0 Å². The molecule has 0 unspecified atom stereocenters. The van der Waals surface area contributed by atoms with Crippen molar-refractivity contribution in [2.45, 2.75) is 32.1 Å². The van der Waals surface area contributed by atoms with Crippen LogP contribution in [-0.2, 0) is 12.9 Å². The van der Waals surface area contributed by atoms with Crippen LogP contribution in [0.2, 0.25) is 0 Å². The van der Waals surface area contributed by atoms with Gasteiger partial charge in [-0.25, -0.2) is 4.98 Å². The van der Waals surface area contributed by atoms with Crippen molar-refractivity contribution in [1.82, 2.24) is 14.8 Å². The van der Waals surface area contributed by atoms with Gasteiger partial charge in [0.25, 0.3) is 0 Å². The Morgan fingerprint density at radius 3 is 3.60 bits per heavy atom. The van der Waals surface area contributed by atoms with E-state index in [-0.39, 0.29) is 18.8 Å². The molecule has 0 aliphatic carbocycles. The minimum Gasteiger partial charge on any atom is -0.250 e. The van der Waals surface area contributed by atoms with Crippen molar-refractivity contribution in [2.24, 2.45) is 0 Å². The molecule has 54 valence electrons. The number of rotatable bonds is 0. The first kappa shape index (κ1) is 2.32. The summed E-state index contributed by atoms with van der Waals surface area (Å²) in [6, 6.07) is 0. The molecule has 0 bridgehead atoms. The molecule has 10 heavy (non-hydrogen) atoms. The molecule has 0 atom stereocenters. The molecule has 0 aromatic carbocycles. The van der Waals surface area contributed by atoms with Crippen LogP contribution in [0, 0.1) is 0 Å². The summed E-state index contributed by atoms with van der Waals surface area (Å²) in [7, 11) is 0. The Labute approximate surface area is 68.5 Å². The van der Waals surface area contributed by atoms with Gasteiger partial charge in [0.1, 0.15) is 12.2 Å². The Morgan fingerprint density at radius 1 is 1.60 bits per heavy atom. The van der Waals surface area contributed by atoms with Gasteiger partial charge in [0, 0.05) is 21.1 Å². The minimum atomic E-state index is -2.64. The van der Waals surface area contributed by atoms with Crippen LogP contribution in [0.4, 0.5) is 0 Å². The normalized spacial score (nSPS) is 42.0. The van der Waals surface area contributed by atoms with Gasteiger partial charge in [0.2, 0.25) is 0 Å². The van der Waals surface area contributed by atoms with E-state index in [1.807, 2.05) is 0 Å². The third-order valence-electron chi connectivity index (χ3n) is 1.33. The molecular formula is C7H11N3. The van der Waals surface area contributed by atoms with Gasteiger partial charge in [-0.3, -0.25) is 4.68 Å². The molecule has 3 nitrogen and oxygen atoms in total. The van der Waals surface area contributed by atoms with Gasteiger partial charge in [-0.2, -0.15) is 5.10 Å². The molecule has 0 spiro atoms. The molecule has 2 heterocycles. The molecule has 1 aromatic heterocycles. The van der Waals surface area contributed by atoms with Crippen molar-refractivity contribution in [1.29, 1.82) is 0 Å². The summed E-state index contributed by atoms with van der Waals surface area (Å²) in [5, 5.41) is 3.78. The molecule has 2 rings (SSSR count). The van der Waals surface area contributed by atoms with E-state index in [0.29, 0.717) is 0 Å². The second-order valence-electron chi connectivity index (χ2n) is 1.98. The zero-order chi connectivity index (χ0) is 12.2. The van der Waals surface area contributed by atoms with Crippen LogP contribution in [0.3, 0.4) is 0 Å². The van der Waals surface area contributed by atoms with Crippen LogP contribution in [0.25, 0.3) is 0 Å². The summed E-state index contributed by atoms with van der Waals surface area (Å²) in [4.78, 5) is 3.70. The maximum absolute atomic E-state index is 7.75. The first-order valence-corrected chi connectivity index (χ1v) is 3.08. The molecule has 3 heteroatoms. The van der Waals surface area contributed by atoms with Crippen LogP contribution in [-0.4, -0.2) is 14.8 Å². The standard InChI is InChI=1S/C7H11N3/c1-2-4-7-8-6-9-10(7)5-3-1/h6H,1-5H2/i1D2,2D2,4D2. The Balaban J connectivity index is 2.61. The van der Waals surface area contributed by atoms with E-state index in [9.17, 15) is 0 Å². The minimum absolute atomic E-state index is 0.126. The van der Waals surface area contributed by atoms with Crippen molar-refractivity contribution >= 4 is 0 Å². The fourth-order valence-corrected chi connectivity index (χ4v) is 0.849. The van der Waals surface area contributed by atoms with Gasteiger partial charge in [-0.15, -0.1) is 0 Å². The van der Waals surface area contributed by atoms with Gasteiger partial charge in [-0.05, 0) is 12.8 Å². The summed E-state index contributed by atoms with van der Waals surface area (Å²) in [6.07, 6.45) is -6.36. The second kappa shape index (κ2) is 2.40. The van der Waals surface area contributed by atoms with E-state index in [0.717, 1.165) is 6.33 Å². The lowest BCUT2D eigenvalue weighted by Gasteiger charge is -1.96. The van der Waals surface area contributed by atoms with Crippen molar-refractivity contribution in [3.63, 3.8) is 0 Å². The van der Waals surface area contributed by atoms with Gasteiger partial charge < -0.3 is 0 Å². The smallest absolute Gasteiger partial charge is 0.138 e. The Morgan fingerprint density at radius 2 is 2.60 bits per heavy atom. The van der Waals surface area contributed by atoms with E-state index in [4.69, 9.17) is 8.22 Å². The van der Waals surface area contributed by atoms with Crippen molar-refractivity contribution < 1.29 is 8.22 Å². The molecule has 0 saturated carbocycles. The van der Waals surface area contributed by atoms with Crippen LogP contribution >= 0.6 is 0 Å². The van der Waals surface area contributed by atoms with Crippen molar-refractivity contribution in [2.75, 3.05) is 0 Å². The predicted octanol–water partition coefficient (Wildman–Crippen LogP) is 1.00. The first-order chi connectivity index (χ1) is 7.20. The van der Waals surface area contributed by atoms with E-state index < -0.39 is 19.1 Å². The Hall–Kier alpha value is -0.860. The average Bonchev–Trinajstić information content (AvgIpc) is 2.60. The summed E-state index contributed by atoms with van der Waals surface area (Å²) in [5.41, 5.74) is 0. The lowest BCUT2D eigenvalue weighted by atomic mass is 10.2. The Kier molecular flexibility index (Phi) is 0.559. The van der Waals surface area contributed by atoms with Crippen molar-refractivity contribution in [3.8, 4) is 0 Å². The monoisotopic (exact) mass is 143 g/mol. The highest BCUT2D eigenvalue weighted by atomic mass is 15.3. The van der Waals surface area contributed by atoms with Gasteiger partial charge >= 0.3 is 0 Å². The molecule has 0 N–H and O–H groups in total. The lowest BCUT2D eigenvalue weighted by molar-refractivity contribution is 0.575. The van der Waals surface area contributed by atoms with Gasteiger partial charge in [-0.1, -0.05) is 6.37 Å². The molecule has 0 radical (unpaired) electrons. The summed E-state index contributed by atoms with van der Waals surface area (Å²) in [6.45, 7) is 0.126. The summed E-state index contributed by atoms with van der Waals surface area (Å²) >= 11 is 0. The third kappa shape index (κ3) is 0.916. The number of aromatic nitrogens is 3. The maximum Gasteiger partial charge on any atom is 0.138 e. The molecule has 1 aliphatic heterocycles. The van der Waals surface area contributed by atoms with Crippen molar-refractivity contribution in [3.05, 3.63) is 12.2 Å². The van der Waals surface area contributed by atoms with E-state index in [2.05, 4.69) is 10.1 Å². The van der Waals surface area contributed by atoms with Crippen LogP contribution in [0.1, 0.15) is 33.2 Å². The number of hydrogen-bond donors (Lipinski definition) is 0. The van der Waals surface area contributed by atoms with Crippen LogP contribution in [0.5, 0.6) is 0 Å². The van der Waals surface area contributed by atoms with Gasteiger partial charge in [0.05, 0.1) is 0 Å². The average molecular weight is 143 g/mol. The molecule has 0 fully saturated rings.